The van der Waals surface area contributed by atoms with Gasteiger partial charge in [-0.15, -0.1) is 0 Å². The van der Waals surface area contributed by atoms with Gasteiger partial charge in [-0.1, -0.05) is 0 Å². The fourth-order valence-electron chi connectivity index (χ4n) is 1.17. The number of amides is 2. The van der Waals surface area contributed by atoms with Crippen molar-refractivity contribution in [2.75, 3.05) is 33.7 Å². The van der Waals surface area contributed by atoms with Gasteiger partial charge in [0.2, 0.25) is 0 Å². The number of hydrogen-bond donors (Lipinski definition) is 1. The van der Waals surface area contributed by atoms with Gasteiger partial charge in [0.15, 0.2) is 0 Å². The van der Waals surface area contributed by atoms with Gasteiger partial charge < -0.3 is 15.1 Å². The summed E-state index contributed by atoms with van der Waals surface area (Å²) in [6.45, 7) is 4.57. The normalized spacial score (nSPS) is 20.0. The lowest BCUT2D eigenvalue weighted by Crippen LogP contribution is -2.40. The SMILES string of the molecule is CC(CN1CCNC1=O)N(C)C. The van der Waals surface area contributed by atoms with Crippen LogP contribution in [0.1, 0.15) is 6.92 Å². The zero-order valence-electron chi connectivity index (χ0n) is 8.00. The van der Waals surface area contributed by atoms with Gasteiger partial charge in [0.1, 0.15) is 0 Å². The van der Waals surface area contributed by atoms with Gasteiger partial charge >= 0.3 is 6.03 Å². The maximum absolute atomic E-state index is 11.1. The summed E-state index contributed by atoms with van der Waals surface area (Å²) in [7, 11) is 4.05. The fourth-order valence-corrected chi connectivity index (χ4v) is 1.17. The molecule has 70 valence electrons. The van der Waals surface area contributed by atoms with Gasteiger partial charge in [-0.2, -0.15) is 0 Å². The van der Waals surface area contributed by atoms with Crippen LogP contribution in [0.5, 0.6) is 0 Å². The van der Waals surface area contributed by atoms with Crippen LogP contribution in [0.4, 0.5) is 4.79 Å². The zero-order valence-corrected chi connectivity index (χ0v) is 8.00. The number of nitrogens with one attached hydrogen (secondary N) is 1. The van der Waals surface area contributed by atoms with Crippen LogP contribution in [-0.2, 0) is 0 Å². The molecule has 1 rings (SSSR count). The largest absolute Gasteiger partial charge is 0.336 e. The van der Waals surface area contributed by atoms with Crippen LogP contribution < -0.4 is 5.32 Å². The highest BCUT2D eigenvalue weighted by atomic mass is 16.2. The molecule has 1 fully saturated rings. The van der Waals surface area contributed by atoms with E-state index in [1.807, 2.05) is 19.0 Å². The summed E-state index contributed by atoms with van der Waals surface area (Å²) in [6, 6.07) is 0.498. The third-order valence-corrected chi connectivity index (χ3v) is 2.31. The lowest BCUT2D eigenvalue weighted by molar-refractivity contribution is 0.196. The van der Waals surface area contributed by atoms with Gasteiger partial charge in [-0.3, -0.25) is 0 Å². The summed E-state index contributed by atoms with van der Waals surface area (Å²) < 4.78 is 0. The first-order valence-corrected chi connectivity index (χ1v) is 4.30. The van der Waals surface area contributed by atoms with Crippen LogP contribution >= 0.6 is 0 Å². The molecule has 0 bridgehead atoms. The topological polar surface area (TPSA) is 35.6 Å². The van der Waals surface area contributed by atoms with E-state index < -0.39 is 0 Å². The standard InChI is InChI=1S/C8H17N3O/c1-7(10(2)3)6-11-5-4-9-8(11)12/h7H,4-6H2,1-3H3,(H,9,12). The number of hydrogen-bond acceptors (Lipinski definition) is 2. The first-order chi connectivity index (χ1) is 5.61. The quantitative estimate of drug-likeness (QED) is 0.647. The number of rotatable bonds is 3. The molecular formula is C8H17N3O. The first-order valence-electron chi connectivity index (χ1n) is 4.30. The van der Waals surface area contributed by atoms with E-state index >= 15 is 0 Å². The molecule has 0 saturated carbocycles. The van der Waals surface area contributed by atoms with E-state index in [-0.39, 0.29) is 6.03 Å². The summed E-state index contributed by atoms with van der Waals surface area (Å²) in [4.78, 5) is 15.1. The second-order valence-corrected chi connectivity index (χ2v) is 3.49. The molecule has 0 aromatic rings. The Morgan fingerprint density at radius 2 is 2.33 bits per heavy atom. The maximum atomic E-state index is 11.1. The second-order valence-electron chi connectivity index (χ2n) is 3.49. The molecule has 4 heteroatoms. The minimum absolute atomic E-state index is 0.0729. The van der Waals surface area contributed by atoms with Crippen molar-refractivity contribution in [3.8, 4) is 0 Å². The summed E-state index contributed by atoms with van der Waals surface area (Å²) in [5, 5.41) is 2.78. The predicted octanol–water partition coefficient (Wildman–Crippen LogP) is -0.0383. The van der Waals surface area contributed by atoms with Crippen molar-refractivity contribution in [1.82, 2.24) is 15.1 Å². The van der Waals surface area contributed by atoms with Crippen molar-refractivity contribution in [2.24, 2.45) is 0 Å². The third-order valence-electron chi connectivity index (χ3n) is 2.31. The van der Waals surface area contributed by atoms with E-state index in [1.165, 1.54) is 0 Å². The Morgan fingerprint density at radius 1 is 1.67 bits per heavy atom. The van der Waals surface area contributed by atoms with Crippen LogP contribution in [0.15, 0.2) is 0 Å². The minimum Gasteiger partial charge on any atom is -0.336 e. The maximum Gasteiger partial charge on any atom is 0.317 e. The number of nitrogens with zero attached hydrogens (tertiary/aromatic N) is 2. The van der Waals surface area contributed by atoms with E-state index in [9.17, 15) is 4.79 Å². The second kappa shape index (κ2) is 3.76. The summed E-state index contributed by atoms with van der Waals surface area (Å²) in [6.07, 6.45) is 0. The molecule has 0 radical (unpaired) electrons. The smallest absolute Gasteiger partial charge is 0.317 e. The molecule has 0 aliphatic carbocycles. The highest BCUT2D eigenvalue weighted by Crippen LogP contribution is 2.01. The summed E-state index contributed by atoms with van der Waals surface area (Å²) in [5.74, 6) is 0. The number of carbonyl (C=O) groups is 1. The number of carbonyl (C=O) groups excluding carboxylic acids is 1. The molecule has 1 atom stereocenters. The zero-order chi connectivity index (χ0) is 9.14. The van der Waals surface area contributed by atoms with Gasteiger partial charge in [0, 0.05) is 25.7 Å². The molecule has 1 aliphatic rings. The molecule has 1 aliphatic heterocycles. The highest BCUT2D eigenvalue weighted by molar-refractivity contribution is 5.76. The molecule has 1 saturated heterocycles. The Bertz CT molecular complexity index is 170. The van der Waals surface area contributed by atoms with Crippen molar-refractivity contribution in [3.05, 3.63) is 0 Å². The highest BCUT2D eigenvalue weighted by Gasteiger charge is 2.21. The molecule has 1 heterocycles. The summed E-state index contributed by atoms with van der Waals surface area (Å²) in [5.41, 5.74) is 0. The lowest BCUT2D eigenvalue weighted by atomic mass is 10.3. The molecule has 12 heavy (non-hydrogen) atoms. The molecule has 0 aromatic carbocycles. The van der Waals surface area contributed by atoms with Crippen molar-refractivity contribution in [3.63, 3.8) is 0 Å². The Balaban J connectivity index is 2.35. The molecule has 4 nitrogen and oxygen atoms in total. The van der Waals surface area contributed by atoms with Crippen LogP contribution in [0, 0.1) is 0 Å². The molecule has 0 spiro atoms. The molecule has 0 aromatic heterocycles. The van der Waals surface area contributed by atoms with E-state index in [0.29, 0.717) is 6.04 Å². The van der Waals surface area contributed by atoms with Crippen molar-refractivity contribution in [2.45, 2.75) is 13.0 Å². The number of likely N-dealkylation sites (N-methyl/N-ethyl adjacent to an activating group) is 1. The Hall–Kier alpha value is -0.770. The average molecular weight is 171 g/mol. The minimum atomic E-state index is 0.0729. The number of urea groups is 1. The molecule has 1 unspecified atom stereocenters. The third kappa shape index (κ3) is 2.11. The van der Waals surface area contributed by atoms with Crippen molar-refractivity contribution >= 4 is 6.03 Å². The van der Waals surface area contributed by atoms with E-state index in [1.54, 1.807) is 0 Å². The average Bonchev–Trinajstić information content (AvgIpc) is 2.36. The van der Waals surface area contributed by atoms with Gasteiger partial charge in [-0.25, -0.2) is 4.79 Å². The van der Waals surface area contributed by atoms with E-state index in [4.69, 9.17) is 0 Å². The molecule has 2 amide bonds. The van der Waals surface area contributed by atoms with E-state index in [2.05, 4.69) is 17.1 Å². The van der Waals surface area contributed by atoms with E-state index in [0.717, 1.165) is 19.6 Å². The monoisotopic (exact) mass is 171 g/mol. The van der Waals surface area contributed by atoms with Crippen molar-refractivity contribution < 1.29 is 4.79 Å². The van der Waals surface area contributed by atoms with Crippen molar-refractivity contribution in [1.29, 1.82) is 0 Å². The molecular weight excluding hydrogens is 154 g/mol. The predicted molar refractivity (Wildman–Crippen MR) is 48.1 cm³/mol. The van der Waals surface area contributed by atoms with Gasteiger partial charge in [0.05, 0.1) is 0 Å². The van der Waals surface area contributed by atoms with Crippen LogP contribution in [0.25, 0.3) is 0 Å². The Morgan fingerprint density at radius 3 is 2.75 bits per heavy atom. The summed E-state index contributed by atoms with van der Waals surface area (Å²) >= 11 is 0. The first kappa shape index (κ1) is 9.32. The van der Waals surface area contributed by atoms with Crippen LogP contribution in [0.3, 0.4) is 0 Å². The van der Waals surface area contributed by atoms with Gasteiger partial charge in [-0.05, 0) is 21.0 Å². The fraction of sp³-hybridized carbons (Fsp3) is 0.875. The Labute approximate surface area is 73.5 Å². The van der Waals surface area contributed by atoms with Crippen LogP contribution in [0.2, 0.25) is 0 Å². The lowest BCUT2D eigenvalue weighted by Gasteiger charge is -2.24. The Kier molecular flexibility index (Phi) is 2.92. The van der Waals surface area contributed by atoms with Gasteiger partial charge in [0.25, 0.3) is 0 Å². The van der Waals surface area contributed by atoms with Crippen LogP contribution in [-0.4, -0.2) is 55.6 Å². The molecule has 1 N–H and O–H groups in total.